The molecule has 0 saturated heterocycles. The summed E-state index contributed by atoms with van der Waals surface area (Å²) in [7, 11) is 0. The number of nitrogens with zero attached hydrogens (tertiary/aromatic N) is 1. The van der Waals surface area contributed by atoms with E-state index in [1.165, 1.54) is 25.1 Å². The zero-order valence-electron chi connectivity index (χ0n) is 13.9. The van der Waals surface area contributed by atoms with E-state index in [2.05, 4.69) is 5.32 Å². The Morgan fingerprint density at radius 3 is 2.48 bits per heavy atom. The highest BCUT2D eigenvalue weighted by atomic mass is 19.4. The first-order valence-corrected chi connectivity index (χ1v) is 7.62. The van der Waals surface area contributed by atoms with Gasteiger partial charge in [0, 0.05) is 11.8 Å². The molecule has 2 aromatic carbocycles. The summed E-state index contributed by atoms with van der Waals surface area (Å²) >= 11 is 0. The maximum atomic E-state index is 13.1. The van der Waals surface area contributed by atoms with Gasteiger partial charge in [-0.2, -0.15) is 18.4 Å². The monoisotopic (exact) mass is 384 g/mol. The molecule has 0 aliphatic carbocycles. The van der Waals surface area contributed by atoms with Crippen LogP contribution >= 0.6 is 0 Å². The van der Waals surface area contributed by atoms with Gasteiger partial charge in [-0.15, -0.1) is 0 Å². The molecule has 1 N–H and O–H groups in total. The van der Waals surface area contributed by atoms with Gasteiger partial charge in [0.15, 0.2) is 11.6 Å². The molecule has 0 aliphatic heterocycles. The van der Waals surface area contributed by atoms with E-state index in [9.17, 15) is 26.7 Å². The average molecular weight is 384 g/mol. The fourth-order valence-electron chi connectivity index (χ4n) is 2.08. The standard InChI is InChI=1S/C18H13F5N2O2/c1-10(9-27-13-4-5-15(19)16(20)7-13)17(26)25-12-3-2-11(8-24)14(6-12)18(21,22)23/h2-7,10H,9H2,1H3,(H,25,26). The Morgan fingerprint density at radius 1 is 1.19 bits per heavy atom. The van der Waals surface area contributed by atoms with Crippen LogP contribution in [0.3, 0.4) is 0 Å². The number of hydrogen-bond donors (Lipinski definition) is 1. The van der Waals surface area contributed by atoms with Gasteiger partial charge in [0.1, 0.15) is 5.75 Å². The molecule has 9 heteroatoms. The number of benzene rings is 2. The van der Waals surface area contributed by atoms with E-state index >= 15 is 0 Å². The van der Waals surface area contributed by atoms with Gasteiger partial charge in [-0.1, -0.05) is 6.92 Å². The van der Waals surface area contributed by atoms with Crippen LogP contribution in [0.4, 0.5) is 27.6 Å². The van der Waals surface area contributed by atoms with Crippen LogP contribution in [0.2, 0.25) is 0 Å². The highest BCUT2D eigenvalue weighted by molar-refractivity contribution is 5.92. The molecule has 1 unspecified atom stereocenters. The molecule has 0 spiro atoms. The van der Waals surface area contributed by atoms with Crippen molar-refractivity contribution in [2.24, 2.45) is 5.92 Å². The van der Waals surface area contributed by atoms with E-state index in [4.69, 9.17) is 10.00 Å². The number of alkyl halides is 3. The van der Waals surface area contributed by atoms with Crippen molar-refractivity contribution in [3.05, 3.63) is 59.2 Å². The largest absolute Gasteiger partial charge is 0.493 e. The van der Waals surface area contributed by atoms with Crippen molar-refractivity contribution in [1.29, 1.82) is 5.26 Å². The van der Waals surface area contributed by atoms with Gasteiger partial charge in [-0.3, -0.25) is 4.79 Å². The summed E-state index contributed by atoms with van der Waals surface area (Å²) < 4.78 is 69.9. The van der Waals surface area contributed by atoms with Gasteiger partial charge >= 0.3 is 6.18 Å². The van der Waals surface area contributed by atoms with Crippen molar-refractivity contribution in [3.63, 3.8) is 0 Å². The Morgan fingerprint density at radius 2 is 1.89 bits per heavy atom. The normalized spacial score (nSPS) is 12.2. The Hall–Kier alpha value is -3.15. The fourth-order valence-corrected chi connectivity index (χ4v) is 2.08. The Balaban J connectivity index is 2.03. The average Bonchev–Trinajstić information content (AvgIpc) is 2.61. The molecule has 0 saturated carbocycles. The molecule has 1 amide bonds. The first-order valence-electron chi connectivity index (χ1n) is 7.62. The molecular formula is C18H13F5N2O2. The van der Waals surface area contributed by atoms with Crippen LogP contribution in [0.15, 0.2) is 36.4 Å². The summed E-state index contributed by atoms with van der Waals surface area (Å²) in [6.45, 7) is 1.24. The molecule has 0 aliphatic rings. The zero-order valence-corrected chi connectivity index (χ0v) is 13.9. The minimum absolute atomic E-state index is 0.00582. The van der Waals surface area contributed by atoms with E-state index in [1.54, 1.807) is 0 Å². The van der Waals surface area contributed by atoms with E-state index in [-0.39, 0.29) is 18.0 Å². The van der Waals surface area contributed by atoms with Gasteiger partial charge in [0.25, 0.3) is 0 Å². The molecule has 0 heterocycles. The van der Waals surface area contributed by atoms with E-state index in [0.29, 0.717) is 6.07 Å². The highest BCUT2D eigenvalue weighted by Gasteiger charge is 2.34. The lowest BCUT2D eigenvalue weighted by molar-refractivity contribution is -0.137. The summed E-state index contributed by atoms with van der Waals surface area (Å²) in [5.41, 5.74) is -1.85. The van der Waals surface area contributed by atoms with Crippen LogP contribution in [-0.2, 0) is 11.0 Å². The lowest BCUT2D eigenvalue weighted by Gasteiger charge is -2.15. The second kappa shape index (κ2) is 8.03. The first-order chi connectivity index (χ1) is 12.6. The maximum Gasteiger partial charge on any atom is 0.417 e. The predicted molar refractivity (Wildman–Crippen MR) is 85.8 cm³/mol. The van der Waals surface area contributed by atoms with Gasteiger partial charge in [-0.25, -0.2) is 8.78 Å². The smallest absolute Gasteiger partial charge is 0.417 e. The Bertz CT molecular complexity index is 890. The molecule has 27 heavy (non-hydrogen) atoms. The molecule has 0 fully saturated rings. The Labute approximate surface area is 151 Å². The van der Waals surface area contributed by atoms with Crippen molar-refractivity contribution in [2.45, 2.75) is 13.1 Å². The van der Waals surface area contributed by atoms with Crippen molar-refractivity contribution in [1.82, 2.24) is 0 Å². The van der Waals surface area contributed by atoms with E-state index in [1.807, 2.05) is 0 Å². The number of ether oxygens (including phenoxy) is 1. The topological polar surface area (TPSA) is 62.1 Å². The summed E-state index contributed by atoms with van der Waals surface area (Å²) in [5, 5.41) is 11.1. The van der Waals surface area contributed by atoms with Crippen LogP contribution < -0.4 is 10.1 Å². The zero-order chi connectivity index (χ0) is 20.2. The minimum atomic E-state index is -4.74. The van der Waals surface area contributed by atoms with Crippen molar-refractivity contribution in [2.75, 3.05) is 11.9 Å². The molecule has 4 nitrogen and oxygen atoms in total. The third-order valence-electron chi connectivity index (χ3n) is 3.55. The Kier molecular flexibility index (Phi) is 6.00. The number of carbonyl (C=O) groups excluding carboxylic acids is 1. The van der Waals surface area contributed by atoms with E-state index in [0.717, 1.165) is 18.2 Å². The second-order valence-corrected chi connectivity index (χ2v) is 5.65. The van der Waals surface area contributed by atoms with Crippen molar-refractivity contribution >= 4 is 11.6 Å². The minimum Gasteiger partial charge on any atom is -0.493 e. The lowest BCUT2D eigenvalue weighted by atomic mass is 10.1. The number of anilines is 1. The molecule has 2 rings (SSSR count). The van der Waals surface area contributed by atoms with Crippen molar-refractivity contribution in [3.8, 4) is 11.8 Å². The van der Waals surface area contributed by atoms with Gasteiger partial charge in [0.05, 0.1) is 29.7 Å². The van der Waals surface area contributed by atoms with Crippen LogP contribution in [-0.4, -0.2) is 12.5 Å². The molecule has 0 aromatic heterocycles. The van der Waals surface area contributed by atoms with E-state index < -0.39 is 40.8 Å². The lowest BCUT2D eigenvalue weighted by Crippen LogP contribution is -2.25. The molecule has 0 bridgehead atoms. The number of hydrogen-bond acceptors (Lipinski definition) is 3. The first kappa shape index (κ1) is 20.2. The molecule has 1 atom stereocenters. The molecule has 2 aromatic rings. The maximum absolute atomic E-state index is 13.1. The summed E-state index contributed by atoms with van der Waals surface area (Å²) in [5.74, 6) is -3.60. The molecule has 142 valence electrons. The molecular weight excluding hydrogens is 371 g/mol. The SMILES string of the molecule is CC(COc1ccc(F)c(F)c1)C(=O)Nc1ccc(C#N)c(C(F)(F)F)c1. The van der Waals surface area contributed by atoms with Gasteiger partial charge < -0.3 is 10.1 Å². The second-order valence-electron chi connectivity index (χ2n) is 5.65. The van der Waals surface area contributed by atoms with Crippen LogP contribution in [0.1, 0.15) is 18.1 Å². The van der Waals surface area contributed by atoms with Crippen LogP contribution in [0, 0.1) is 28.9 Å². The summed E-state index contributed by atoms with van der Waals surface area (Å²) in [4.78, 5) is 12.1. The third-order valence-corrected chi connectivity index (χ3v) is 3.55. The van der Waals surface area contributed by atoms with Crippen LogP contribution in [0.25, 0.3) is 0 Å². The van der Waals surface area contributed by atoms with Crippen molar-refractivity contribution < 1.29 is 31.5 Å². The van der Waals surface area contributed by atoms with Crippen LogP contribution in [0.5, 0.6) is 5.75 Å². The quantitative estimate of drug-likeness (QED) is 0.772. The number of halogens is 5. The number of nitrogens with one attached hydrogen (secondary N) is 1. The van der Waals surface area contributed by atoms with Gasteiger partial charge in [0.2, 0.25) is 5.91 Å². The highest BCUT2D eigenvalue weighted by Crippen LogP contribution is 2.33. The summed E-state index contributed by atoms with van der Waals surface area (Å²) in [6, 6.07) is 7.10. The molecule has 0 radical (unpaired) electrons. The fraction of sp³-hybridized carbons (Fsp3) is 0.222. The third kappa shape index (κ3) is 5.17. The van der Waals surface area contributed by atoms with Gasteiger partial charge in [-0.05, 0) is 30.3 Å². The number of carbonyl (C=O) groups is 1. The number of amides is 1. The number of nitriles is 1. The predicted octanol–water partition coefficient (Wildman–Crippen LogP) is 4.51. The number of rotatable bonds is 5. The summed E-state index contributed by atoms with van der Waals surface area (Å²) in [6.07, 6.45) is -4.74.